The Bertz CT molecular complexity index is 1420. The summed E-state index contributed by atoms with van der Waals surface area (Å²) >= 11 is 0. The smallest absolute Gasteiger partial charge is 0.267 e. The van der Waals surface area contributed by atoms with E-state index in [1.165, 1.54) is 128 Å². The predicted molar refractivity (Wildman–Crippen MR) is 189 cm³/mol. The van der Waals surface area contributed by atoms with Crippen LogP contribution in [0.1, 0.15) is 165 Å². The van der Waals surface area contributed by atoms with Crippen molar-refractivity contribution in [2.24, 2.45) is 35.5 Å². The lowest BCUT2D eigenvalue weighted by Gasteiger charge is -2.56. The predicted octanol–water partition coefficient (Wildman–Crippen LogP) is 9.05. The fourth-order valence-corrected chi connectivity index (χ4v) is 13.3. The number of rotatable bonds is 9. The number of ether oxygens (including phenoxy) is 3. The molecule has 0 aromatic carbocycles. The minimum atomic E-state index is 0.124. The molecule has 0 unspecified atom stereocenters. The lowest BCUT2D eigenvalue weighted by atomic mass is 9.54. The van der Waals surface area contributed by atoms with Crippen molar-refractivity contribution in [1.82, 2.24) is 19.6 Å². The highest BCUT2D eigenvalue weighted by Gasteiger charge is 2.53. The molecule has 0 amide bonds. The molecule has 2 heterocycles. The molecule has 270 valence electrons. The first kappa shape index (κ1) is 32.8. The number of nitrogens with zero attached hydrogens (tertiary/aromatic N) is 3. The Morgan fingerprint density at radius 1 is 0.673 bits per heavy atom. The molecule has 1 N–H and O–H groups in total. The molecular weight excluding hydrogens is 612 g/mol. The van der Waals surface area contributed by atoms with Crippen molar-refractivity contribution >= 4 is 0 Å². The average molecular weight is 675 g/mol. The van der Waals surface area contributed by atoms with Crippen molar-refractivity contribution in [2.45, 2.75) is 178 Å². The summed E-state index contributed by atoms with van der Waals surface area (Å²) < 4.78 is 22.7. The zero-order valence-corrected chi connectivity index (χ0v) is 30.2. The third kappa shape index (κ3) is 6.83. The van der Waals surface area contributed by atoms with Crippen molar-refractivity contribution in [1.29, 1.82) is 0 Å². The van der Waals surface area contributed by atoms with Gasteiger partial charge in [-0.3, -0.25) is 9.89 Å². The standard InChI is InChI=1S/C21H32N2O2.C20H30N2O2/c1-24-20-10-18(22-23(20)19-5-3-2-4-6-19)14-25-21-11-15-7-16(12-21)9-17(8-15)13-21;23-19-9-17(21-22(19)18-4-2-1-3-5-18)13-24-20-10-14-6-15(11-20)8-16(7-14)12-20/h10,15-17,19H,2-9,11-14H2,1H3;9,14-16,18,21H,1-8,10-13H2. The Balaban J connectivity index is 0.000000133. The van der Waals surface area contributed by atoms with Crippen molar-refractivity contribution in [3.63, 3.8) is 0 Å². The van der Waals surface area contributed by atoms with Gasteiger partial charge in [-0.2, -0.15) is 5.10 Å². The number of hydrogen-bond acceptors (Lipinski definition) is 5. The molecule has 12 rings (SSSR count). The van der Waals surface area contributed by atoms with E-state index in [2.05, 4.69) is 15.8 Å². The summed E-state index contributed by atoms with van der Waals surface area (Å²) in [7, 11) is 1.76. The Labute approximate surface area is 293 Å². The molecule has 2 aromatic rings. The van der Waals surface area contributed by atoms with Crippen LogP contribution in [-0.4, -0.2) is 37.9 Å². The Morgan fingerprint density at radius 3 is 1.63 bits per heavy atom. The SMILES string of the molecule is COc1cc(COC23CC4CC(CC(C4)C2)C3)nn1C1CCCCC1.O=c1cc(COC23CC4CC(CC(C4)C2)C3)[nH]n1C1CCCCC1. The highest BCUT2D eigenvalue weighted by molar-refractivity contribution is 5.17. The molecule has 0 atom stereocenters. The van der Waals surface area contributed by atoms with Gasteiger partial charge in [0.05, 0.1) is 55.0 Å². The maximum atomic E-state index is 12.3. The van der Waals surface area contributed by atoms with Gasteiger partial charge in [0.1, 0.15) is 0 Å². The molecular formula is C41H62N4O4. The summed E-state index contributed by atoms with van der Waals surface area (Å²) in [5, 5.41) is 8.25. The van der Waals surface area contributed by atoms with Gasteiger partial charge in [-0.25, -0.2) is 9.36 Å². The lowest BCUT2D eigenvalue weighted by Crippen LogP contribution is -2.51. The van der Waals surface area contributed by atoms with Gasteiger partial charge in [0, 0.05) is 12.1 Å². The van der Waals surface area contributed by atoms with E-state index in [1.54, 1.807) is 13.2 Å². The molecule has 2 aromatic heterocycles. The second-order valence-electron chi connectivity index (χ2n) is 18.5. The molecule has 0 radical (unpaired) electrons. The molecule has 0 spiro atoms. The van der Waals surface area contributed by atoms with E-state index in [-0.39, 0.29) is 16.8 Å². The fourth-order valence-electron chi connectivity index (χ4n) is 13.3. The summed E-state index contributed by atoms with van der Waals surface area (Å²) in [5.74, 6) is 6.42. The number of H-pyrrole nitrogens is 1. The van der Waals surface area contributed by atoms with Crippen LogP contribution >= 0.6 is 0 Å². The molecule has 0 aliphatic heterocycles. The van der Waals surface area contributed by atoms with Crippen molar-refractivity contribution < 1.29 is 14.2 Å². The molecule has 10 aliphatic carbocycles. The Morgan fingerprint density at radius 2 is 1.14 bits per heavy atom. The number of hydrogen-bond donors (Lipinski definition) is 1. The number of methoxy groups -OCH3 is 1. The molecule has 8 nitrogen and oxygen atoms in total. The van der Waals surface area contributed by atoms with Crippen LogP contribution in [0.25, 0.3) is 0 Å². The van der Waals surface area contributed by atoms with Crippen LogP contribution in [0.3, 0.4) is 0 Å². The fraction of sp³-hybridized carbons (Fsp3) is 0.854. The van der Waals surface area contributed by atoms with Gasteiger partial charge in [-0.15, -0.1) is 0 Å². The van der Waals surface area contributed by atoms with Crippen molar-refractivity contribution in [2.75, 3.05) is 7.11 Å². The molecule has 10 saturated carbocycles. The largest absolute Gasteiger partial charge is 0.481 e. The molecule has 0 saturated heterocycles. The highest BCUT2D eigenvalue weighted by Crippen LogP contribution is 2.58. The first-order valence-corrected chi connectivity index (χ1v) is 20.6. The molecule has 49 heavy (non-hydrogen) atoms. The maximum Gasteiger partial charge on any atom is 0.267 e. The van der Waals surface area contributed by atoms with Crippen LogP contribution in [0.2, 0.25) is 0 Å². The van der Waals surface area contributed by atoms with E-state index >= 15 is 0 Å². The number of aromatic nitrogens is 4. The van der Waals surface area contributed by atoms with Gasteiger partial charge in [0.25, 0.3) is 5.56 Å². The lowest BCUT2D eigenvalue weighted by molar-refractivity contribution is -0.169. The number of aromatic amines is 1. The van der Waals surface area contributed by atoms with E-state index in [0.29, 0.717) is 25.3 Å². The maximum absolute atomic E-state index is 12.3. The molecule has 10 fully saturated rings. The Hall–Kier alpha value is -2.06. The summed E-state index contributed by atoms with van der Waals surface area (Å²) in [4.78, 5) is 12.3. The second kappa shape index (κ2) is 13.5. The van der Waals surface area contributed by atoms with Gasteiger partial charge in [-0.05, 0) is 138 Å². The second-order valence-corrected chi connectivity index (χ2v) is 18.5. The molecule has 8 bridgehead atoms. The minimum absolute atomic E-state index is 0.124. The van der Waals surface area contributed by atoms with Gasteiger partial charge in [0.15, 0.2) is 0 Å². The summed E-state index contributed by atoms with van der Waals surface area (Å²) in [6.07, 6.45) is 28.9. The first-order valence-electron chi connectivity index (χ1n) is 20.6. The first-order chi connectivity index (χ1) is 23.9. The normalized spacial score (nSPS) is 38.1. The van der Waals surface area contributed by atoms with Crippen molar-refractivity contribution in [3.8, 4) is 5.88 Å². The Kier molecular flexibility index (Phi) is 9.03. The third-order valence-corrected chi connectivity index (χ3v) is 14.6. The van der Waals surface area contributed by atoms with Crippen LogP contribution in [0.15, 0.2) is 16.9 Å². The van der Waals surface area contributed by atoms with Crippen molar-refractivity contribution in [3.05, 3.63) is 33.9 Å². The zero-order chi connectivity index (χ0) is 33.0. The van der Waals surface area contributed by atoms with E-state index in [1.807, 2.05) is 4.68 Å². The van der Waals surface area contributed by atoms with Crippen LogP contribution in [0.4, 0.5) is 0 Å². The highest BCUT2D eigenvalue weighted by atomic mass is 16.5. The van der Waals surface area contributed by atoms with Crippen LogP contribution in [0, 0.1) is 35.5 Å². The summed E-state index contributed by atoms with van der Waals surface area (Å²) in [6.45, 7) is 1.24. The van der Waals surface area contributed by atoms with Gasteiger partial charge in [-0.1, -0.05) is 38.5 Å². The monoisotopic (exact) mass is 674 g/mol. The van der Waals surface area contributed by atoms with E-state index in [0.717, 1.165) is 65.6 Å². The van der Waals surface area contributed by atoms with Crippen LogP contribution in [-0.2, 0) is 22.7 Å². The quantitative estimate of drug-likeness (QED) is 0.287. The summed E-state index contributed by atoms with van der Waals surface area (Å²) in [6, 6.07) is 4.76. The average Bonchev–Trinajstić information content (AvgIpc) is 3.69. The van der Waals surface area contributed by atoms with E-state index in [4.69, 9.17) is 19.3 Å². The van der Waals surface area contributed by atoms with E-state index < -0.39 is 0 Å². The molecule has 8 heteroatoms. The molecule has 10 aliphatic rings. The van der Waals surface area contributed by atoms with Crippen LogP contribution < -0.4 is 10.3 Å². The topological polar surface area (TPSA) is 83.3 Å². The van der Waals surface area contributed by atoms with E-state index in [9.17, 15) is 4.79 Å². The van der Waals surface area contributed by atoms with Gasteiger partial charge < -0.3 is 14.2 Å². The van der Waals surface area contributed by atoms with Gasteiger partial charge in [0.2, 0.25) is 5.88 Å². The van der Waals surface area contributed by atoms with Crippen LogP contribution in [0.5, 0.6) is 5.88 Å². The third-order valence-electron chi connectivity index (χ3n) is 14.6. The van der Waals surface area contributed by atoms with Gasteiger partial charge >= 0.3 is 0 Å². The summed E-state index contributed by atoms with van der Waals surface area (Å²) in [5.41, 5.74) is 2.44. The minimum Gasteiger partial charge on any atom is -0.481 e. The number of nitrogens with one attached hydrogen (secondary N) is 1. The zero-order valence-electron chi connectivity index (χ0n) is 30.2.